The third kappa shape index (κ3) is 4.69. The standard InChI is InChI=1S/C20H26N4O4/c1-3-15-13-19(26)24(20(21-15)23-9-11-27-12-10-23)14-18(25)22-16-7-5-6-8-17(16)28-4-2/h5-8,13H,3-4,9-12,14H2,1-2H3,(H,22,25). The number of hydrogen-bond donors (Lipinski definition) is 1. The third-order valence-corrected chi connectivity index (χ3v) is 4.46. The molecule has 1 aromatic heterocycles. The minimum atomic E-state index is -0.310. The fraction of sp³-hybridized carbons (Fsp3) is 0.450. The molecule has 1 N–H and O–H groups in total. The van der Waals surface area contributed by atoms with E-state index in [1.807, 2.05) is 30.9 Å². The lowest BCUT2D eigenvalue weighted by atomic mass is 10.3. The lowest BCUT2D eigenvalue weighted by molar-refractivity contribution is -0.116. The van der Waals surface area contributed by atoms with Gasteiger partial charge in [-0.05, 0) is 25.5 Å². The Labute approximate surface area is 164 Å². The van der Waals surface area contributed by atoms with Crippen LogP contribution in [0.5, 0.6) is 5.75 Å². The highest BCUT2D eigenvalue weighted by atomic mass is 16.5. The first-order chi connectivity index (χ1) is 13.6. The van der Waals surface area contributed by atoms with Gasteiger partial charge >= 0.3 is 0 Å². The van der Waals surface area contributed by atoms with Crippen molar-refractivity contribution >= 4 is 17.5 Å². The Kier molecular flexibility index (Phi) is 6.65. The minimum absolute atomic E-state index is 0.122. The largest absolute Gasteiger partial charge is 0.492 e. The number of nitrogens with one attached hydrogen (secondary N) is 1. The highest BCUT2D eigenvalue weighted by molar-refractivity contribution is 5.92. The van der Waals surface area contributed by atoms with Crippen molar-refractivity contribution in [1.29, 1.82) is 0 Å². The Morgan fingerprint density at radius 3 is 2.71 bits per heavy atom. The summed E-state index contributed by atoms with van der Waals surface area (Å²) in [5.41, 5.74) is 1.06. The number of amides is 1. The Bertz CT molecular complexity index is 875. The van der Waals surface area contributed by atoms with E-state index < -0.39 is 0 Å². The molecule has 150 valence electrons. The normalized spacial score (nSPS) is 14.0. The molecule has 3 rings (SSSR count). The number of carbonyl (C=O) groups excluding carboxylic acids is 1. The molecule has 1 amide bonds. The summed E-state index contributed by atoms with van der Waals surface area (Å²) in [6.45, 7) is 6.61. The monoisotopic (exact) mass is 386 g/mol. The average molecular weight is 386 g/mol. The number of nitrogens with zero attached hydrogens (tertiary/aromatic N) is 3. The van der Waals surface area contributed by atoms with Gasteiger partial charge in [-0.1, -0.05) is 19.1 Å². The van der Waals surface area contributed by atoms with E-state index in [1.54, 1.807) is 12.1 Å². The first-order valence-electron chi connectivity index (χ1n) is 9.57. The number of morpholine rings is 1. The minimum Gasteiger partial charge on any atom is -0.492 e. The maximum absolute atomic E-state index is 12.7. The lowest BCUT2D eigenvalue weighted by Crippen LogP contribution is -2.42. The zero-order valence-corrected chi connectivity index (χ0v) is 16.3. The number of hydrogen-bond acceptors (Lipinski definition) is 6. The van der Waals surface area contributed by atoms with Gasteiger partial charge < -0.3 is 19.7 Å². The fourth-order valence-corrected chi connectivity index (χ4v) is 3.06. The van der Waals surface area contributed by atoms with E-state index in [0.29, 0.717) is 62.4 Å². The number of carbonyl (C=O) groups is 1. The lowest BCUT2D eigenvalue weighted by Gasteiger charge is -2.29. The summed E-state index contributed by atoms with van der Waals surface area (Å²) in [6, 6.07) is 8.72. The van der Waals surface area contributed by atoms with Crippen LogP contribution >= 0.6 is 0 Å². The molecule has 8 heteroatoms. The van der Waals surface area contributed by atoms with Crippen molar-refractivity contribution in [3.05, 3.63) is 46.4 Å². The quantitative estimate of drug-likeness (QED) is 0.779. The summed E-state index contributed by atoms with van der Waals surface area (Å²) in [7, 11) is 0. The number of aryl methyl sites for hydroxylation is 1. The Morgan fingerprint density at radius 1 is 1.25 bits per heavy atom. The maximum Gasteiger partial charge on any atom is 0.255 e. The van der Waals surface area contributed by atoms with E-state index in [9.17, 15) is 9.59 Å². The van der Waals surface area contributed by atoms with Gasteiger partial charge in [-0.2, -0.15) is 0 Å². The molecule has 0 spiro atoms. The van der Waals surface area contributed by atoms with Crippen LogP contribution in [-0.2, 0) is 22.5 Å². The third-order valence-electron chi connectivity index (χ3n) is 4.46. The van der Waals surface area contributed by atoms with Gasteiger partial charge in [0, 0.05) is 24.8 Å². The number of ether oxygens (including phenoxy) is 2. The van der Waals surface area contributed by atoms with Crippen molar-refractivity contribution in [1.82, 2.24) is 9.55 Å². The zero-order valence-electron chi connectivity index (χ0n) is 16.3. The summed E-state index contributed by atoms with van der Waals surface area (Å²) in [4.78, 5) is 32.0. The van der Waals surface area contributed by atoms with Gasteiger partial charge in [0.15, 0.2) is 0 Å². The number of para-hydroxylation sites is 2. The van der Waals surface area contributed by atoms with Gasteiger partial charge in [-0.15, -0.1) is 0 Å². The van der Waals surface area contributed by atoms with Gasteiger partial charge in [-0.3, -0.25) is 14.2 Å². The van der Waals surface area contributed by atoms with Crippen LogP contribution in [0.25, 0.3) is 0 Å². The molecule has 0 aliphatic carbocycles. The SMILES string of the molecule is CCOc1ccccc1NC(=O)Cn1c(N2CCOCC2)nc(CC)cc1=O. The van der Waals surface area contributed by atoms with Crippen molar-refractivity contribution < 1.29 is 14.3 Å². The molecule has 2 heterocycles. The van der Waals surface area contributed by atoms with Crippen molar-refractivity contribution in [2.24, 2.45) is 0 Å². The zero-order chi connectivity index (χ0) is 19.9. The van der Waals surface area contributed by atoms with E-state index in [2.05, 4.69) is 10.3 Å². The maximum atomic E-state index is 12.7. The molecule has 1 fully saturated rings. The molecule has 0 atom stereocenters. The second-order valence-corrected chi connectivity index (χ2v) is 6.40. The van der Waals surface area contributed by atoms with Crippen molar-refractivity contribution in [2.45, 2.75) is 26.8 Å². The highest BCUT2D eigenvalue weighted by Gasteiger charge is 2.20. The molecule has 1 aliphatic rings. The first-order valence-corrected chi connectivity index (χ1v) is 9.57. The number of benzene rings is 1. The van der Waals surface area contributed by atoms with Crippen LogP contribution in [0.1, 0.15) is 19.5 Å². The van der Waals surface area contributed by atoms with Crippen LogP contribution in [-0.4, -0.2) is 48.4 Å². The van der Waals surface area contributed by atoms with Gasteiger partial charge in [0.2, 0.25) is 11.9 Å². The molecular weight excluding hydrogens is 360 g/mol. The molecule has 0 bridgehead atoms. The van der Waals surface area contributed by atoms with Crippen molar-refractivity contribution in [2.75, 3.05) is 43.1 Å². The van der Waals surface area contributed by atoms with E-state index >= 15 is 0 Å². The van der Waals surface area contributed by atoms with Crippen LogP contribution in [0.2, 0.25) is 0 Å². The molecule has 8 nitrogen and oxygen atoms in total. The Hall–Kier alpha value is -2.87. The number of rotatable bonds is 7. The second-order valence-electron chi connectivity index (χ2n) is 6.40. The van der Waals surface area contributed by atoms with E-state index in [0.717, 1.165) is 0 Å². The first kappa shape index (κ1) is 19.9. The van der Waals surface area contributed by atoms with Crippen LogP contribution in [0, 0.1) is 0 Å². The van der Waals surface area contributed by atoms with Crippen LogP contribution in [0.4, 0.5) is 11.6 Å². The topological polar surface area (TPSA) is 85.7 Å². The molecule has 0 radical (unpaired) electrons. The van der Waals surface area contributed by atoms with Crippen LogP contribution in [0.15, 0.2) is 35.1 Å². The fourth-order valence-electron chi connectivity index (χ4n) is 3.06. The molecule has 1 aliphatic heterocycles. The van der Waals surface area contributed by atoms with E-state index in [1.165, 1.54) is 10.6 Å². The number of aromatic nitrogens is 2. The summed E-state index contributed by atoms with van der Waals surface area (Å²) >= 11 is 0. The molecule has 0 saturated carbocycles. The Morgan fingerprint density at radius 2 is 2.00 bits per heavy atom. The summed E-state index contributed by atoms with van der Waals surface area (Å²) < 4.78 is 12.4. The van der Waals surface area contributed by atoms with Crippen LogP contribution in [0.3, 0.4) is 0 Å². The van der Waals surface area contributed by atoms with E-state index in [-0.39, 0.29) is 18.0 Å². The summed E-state index contributed by atoms with van der Waals surface area (Å²) in [5, 5.41) is 2.84. The molecule has 1 aromatic carbocycles. The van der Waals surface area contributed by atoms with Gasteiger partial charge in [-0.25, -0.2) is 4.98 Å². The van der Waals surface area contributed by atoms with Gasteiger partial charge in [0.25, 0.3) is 5.56 Å². The average Bonchev–Trinajstić information content (AvgIpc) is 2.71. The highest BCUT2D eigenvalue weighted by Crippen LogP contribution is 2.23. The smallest absolute Gasteiger partial charge is 0.255 e. The molecule has 2 aromatic rings. The molecule has 1 saturated heterocycles. The van der Waals surface area contributed by atoms with Crippen molar-refractivity contribution in [3.63, 3.8) is 0 Å². The number of anilines is 2. The summed E-state index contributed by atoms with van der Waals surface area (Å²) in [5.74, 6) is 0.800. The predicted octanol–water partition coefficient (Wildman–Crippen LogP) is 1.68. The van der Waals surface area contributed by atoms with E-state index in [4.69, 9.17) is 9.47 Å². The van der Waals surface area contributed by atoms with Gasteiger partial charge in [0.05, 0.1) is 25.5 Å². The predicted molar refractivity (Wildman–Crippen MR) is 107 cm³/mol. The second kappa shape index (κ2) is 9.36. The van der Waals surface area contributed by atoms with Gasteiger partial charge in [0.1, 0.15) is 12.3 Å². The molecule has 0 unspecified atom stereocenters. The van der Waals surface area contributed by atoms with Crippen molar-refractivity contribution in [3.8, 4) is 5.75 Å². The van der Waals surface area contributed by atoms with Crippen LogP contribution < -0.4 is 20.5 Å². The summed E-state index contributed by atoms with van der Waals surface area (Å²) in [6.07, 6.45) is 0.654. The molecule has 28 heavy (non-hydrogen) atoms. The Balaban J connectivity index is 1.85. The molecular formula is C20H26N4O4.